The van der Waals surface area contributed by atoms with E-state index in [-0.39, 0.29) is 5.69 Å². The van der Waals surface area contributed by atoms with Crippen molar-refractivity contribution in [3.05, 3.63) is 57.5 Å². The van der Waals surface area contributed by atoms with Crippen LogP contribution < -0.4 is 5.56 Å². The zero-order valence-electron chi connectivity index (χ0n) is 11.3. The third-order valence-corrected chi connectivity index (χ3v) is 3.01. The van der Waals surface area contributed by atoms with E-state index in [0.29, 0.717) is 17.1 Å². The third-order valence-electron chi connectivity index (χ3n) is 3.01. The summed E-state index contributed by atoms with van der Waals surface area (Å²) in [5.74, 6) is -1.20. The topological polar surface area (TPSA) is 61.2 Å². The number of aryl methyl sites for hydroxylation is 1. The zero-order chi connectivity index (χ0) is 14.9. The SMILES string of the molecule is COC(=O)c1nc(C)c(C)n(-c2ccc(F)cc2)c1=O. The van der Waals surface area contributed by atoms with Crippen molar-refractivity contribution >= 4 is 5.97 Å². The zero-order valence-corrected chi connectivity index (χ0v) is 11.3. The largest absolute Gasteiger partial charge is 0.464 e. The van der Waals surface area contributed by atoms with Crippen LogP contribution in [0.3, 0.4) is 0 Å². The Balaban J connectivity index is 2.75. The molecule has 0 aliphatic rings. The number of esters is 1. The molecule has 0 spiro atoms. The monoisotopic (exact) mass is 276 g/mol. The van der Waals surface area contributed by atoms with Gasteiger partial charge in [0, 0.05) is 11.4 Å². The molecule has 0 unspecified atom stereocenters. The fraction of sp³-hybridized carbons (Fsp3) is 0.214. The van der Waals surface area contributed by atoms with E-state index in [9.17, 15) is 14.0 Å². The van der Waals surface area contributed by atoms with E-state index in [1.807, 2.05) is 0 Å². The highest BCUT2D eigenvalue weighted by Gasteiger charge is 2.19. The van der Waals surface area contributed by atoms with E-state index in [4.69, 9.17) is 0 Å². The molecule has 6 heteroatoms. The lowest BCUT2D eigenvalue weighted by molar-refractivity contribution is 0.0591. The van der Waals surface area contributed by atoms with Gasteiger partial charge in [-0.2, -0.15) is 0 Å². The van der Waals surface area contributed by atoms with Gasteiger partial charge in [0.1, 0.15) is 5.82 Å². The molecule has 0 fully saturated rings. The maximum atomic E-state index is 13.0. The summed E-state index contributed by atoms with van der Waals surface area (Å²) in [4.78, 5) is 27.9. The van der Waals surface area contributed by atoms with Crippen molar-refractivity contribution in [2.75, 3.05) is 7.11 Å². The van der Waals surface area contributed by atoms with Crippen LogP contribution in [0.1, 0.15) is 21.9 Å². The summed E-state index contributed by atoms with van der Waals surface area (Å²) in [7, 11) is 1.18. The lowest BCUT2D eigenvalue weighted by atomic mass is 10.2. The molecule has 104 valence electrons. The Morgan fingerprint density at radius 2 is 1.85 bits per heavy atom. The Hall–Kier alpha value is -2.50. The second-order valence-electron chi connectivity index (χ2n) is 4.24. The number of carbonyl (C=O) groups is 1. The van der Waals surface area contributed by atoms with Crippen LogP contribution in [0.4, 0.5) is 4.39 Å². The number of hydrogen-bond donors (Lipinski definition) is 0. The van der Waals surface area contributed by atoms with Crippen LogP contribution in [0.25, 0.3) is 5.69 Å². The molecule has 1 aromatic carbocycles. The highest BCUT2D eigenvalue weighted by atomic mass is 19.1. The lowest BCUT2D eigenvalue weighted by Gasteiger charge is -2.13. The Morgan fingerprint density at radius 1 is 1.25 bits per heavy atom. The average molecular weight is 276 g/mol. The average Bonchev–Trinajstić information content (AvgIpc) is 2.44. The Bertz CT molecular complexity index is 720. The first kappa shape index (κ1) is 13.9. The number of carbonyl (C=O) groups excluding carboxylic acids is 1. The van der Waals surface area contributed by atoms with Crippen LogP contribution in [0.15, 0.2) is 29.1 Å². The van der Waals surface area contributed by atoms with Crippen molar-refractivity contribution in [2.24, 2.45) is 0 Å². The normalized spacial score (nSPS) is 10.4. The maximum absolute atomic E-state index is 13.0. The molecule has 0 aliphatic heterocycles. The molecule has 20 heavy (non-hydrogen) atoms. The van der Waals surface area contributed by atoms with Crippen molar-refractivity contribution in [2.45, 2.75) is 13.8 Å². The standard InChI is InChI=1S/C14H13FN2O3/c1-8-9(2)17(11-6-4-10(15)5-7-11)13(18)12(16-8)14(19)20-3/h4-7H,1-3H3. The second kappa shape index (κ2) is 5.24. The summed E-state index contributed by atoms with van der Waals surface area (Å²) < 4.78 is 18.8. The van der Waals surface area contributed by atoms with Crippen molar-refractivity contribution in [3.63, 3.8) is 0 Å². The highest BCUT2D eigenvalue weighted by Crippen LogP contribution is 2.12. The number of hydrogen-bond acceptors (Lipinski definition) is 4. The molecule has 2 rings (SSSR count). The van der Waals surface area contributed by atoms with Gasteiger partial charge in [-0.25, -0.2) is 14.2 Å². The number of nitrogens with zero attached hydrogens (tertiary/aromatic N) is 2. The van der Waals surface area contributed by atoms with Gasteiger partial charge in [0.2, 0.25) is 5.69 Å². The maximum Gasteiger partial charge on any atom is 0.362 e. The summed E-state index contributed by atoms with van der Waals surface area (Å²) in [6, 6.07) is 5.41. The minimum Gasteiger partial charge on any atom is -0.464 e. The molecule has 0 saturated carbocycles. The molecule has 0 saturated heterocycles. The molecule has 0 radical (unpaired) electrons. The number of halogens is 1. The quantitative estimate of drug-likeness (QED) is 0.784. The van der Waals surface area contributed by atoms with Gasteiger partial charge >= 0.3 is 5.97 Å². The molecular formula is C14H13FN2O3. The smallest absolute Gasteiger partial charge is 0.362 e. The van der Waals surface area contributed by atoms with Gasteiger partial charge in [-0.1, -0.05) is 0 Å². The first-order valence-corrected chi connectivity index (χ1v) is 5.90. The van der Waals surface area contributed by atoms with Gasteiger partial charge in [-0.05, 0) is 38.1 Å². The van der Waals surface area contributed by atoms with Crippen LogP contribution in [-0.2, 0) is 4.74 Å². The van der Waals surface area contributed by atoms with Crippen LogP contribution in [0, 0.1) is 19.7 Å². The summed E-state index contributed by atoms with van der Waals surface area (Å²) >= 11 is 0. The molecule has 1 aromatic heterocycles. The molecule has 0 amide bonds. The lowest BCUT2D eigenvalue weighted by Crippen LogP contribution is -2.30. The van der Waals surface area contributed by atoms with E-state index < -0.39 is 17.3 Å². The van der Waals surface area contributed by atoms with Gasteiger partial charge in [0.15, 0.2) is 0 Å². The summed E-state index contributed by atoms with van der Waals surface area (Å²) in [5.41, 5.74) is 0.680. The van der Waals surface area contributed by atoms with E-state index in [0.717, 1.165) is 0 Å². The highest BCUT2D eigenvalue weighted by molar-refractivity contribution is 5.86. The van der Waals surface area contributed by atoms with E-state index >= 15 is 0 Å². The molecule has 2 aromatic rings. The number of benzene rings is 1. The molecule has 1 heterocycles. The predicted octanol–water partition coefficient (Wildman–Crippen LogP) is 1.78. The summed E-state index contributed by atoms with van der Waals surface area (Å²) in [5, 5.41) is 0. The molecule has 0 aliphatic carbocycles. The van der Waals surface area contributed by atoms with Crippen molar-refractivity contribution in [1.29, 1.82) is 0 Å². The van der Waals surface area contributed by atoms with Gasteiger partial charge < -0.3 is 4.74 Å². The number of methoxy groups -OCH3 is 1. The fourth-order valence-electron chi connectivity index (χ4n) is 1.85. The van der Waals surface area contributed by atoms with Crippen LogP contribution in [0.2, 0.25) is 0 Å². The molecule has 5 nitrogen and oxygen atoms in total. The number of aromatic nitrogens is 2. The van der Waals surface area contributed by atoms with E-state index in [2.05, 4.69) is 9.72 Å². The predicted molar refractivity (Wildman–Crippen MR) is 70.6 cm³/mol. The fourth-order valence-corrected chi connectivity index (χ4v) is 1.85. The molecule has 0 N–H and O–H groups in total. The Morgan fingerprint density at radius 3 is 2.40 bits per heavy atom. The van der Waals surface area contributed by atoms with Crippen LogP contribution in [0.5, 0.6) is 0 Å². The molecule has 0 bridgehead atoms. The number of rotatable bonds is 2. The van der Waals surface area contributed by atoms with Gasteiger partial charge in [-0.3, -0.25) is 9.36 Å². The second-order valence-corrected chi connectivity index (χ2v) is 4.24. The third kappa shape index (κ3) is 2.32. The molecular weight excluding hydrogens is 263 g/mol. The van der Waals surface area contributed by atoms with Gasteiger partial charge in [-0.15, -0.1) is 0 Å². The Kier molecular flexibility index (Phi) is 3.65. The van der Waals surface area contributed by atoms with Crippen molar-refractivity contribution < 1.29 is 13.9 Å². The van der Waals surface area contributed by atoms with Crippen molar-refractivity contribution in [3.8, 4) is 5.69 Å². The van der Waals surface area contributed by atoms with Crippen LogP contribution in [-0.4, -0.2) is 22.6 Å². The van der Waals surface area contributed by atoms with Crippen molar-refractivity contribution in [1.82, 2.24) is 9.55 Å². The first-order valence-electron chi connectivity index (χ1n) is 5.90. The summed E-state index contributed by atoms with van der Waals surface area (Å²) in [6.07, 6.45) is 0. The molecule has 0 atom stereocenters. The van der Waals surface area contributed by atoms with Crippen LogP contribution >= 0.6 is 0 Å². The minimum atomic E-state index is -0.797. The van der Waals surface area contributed by atoms with E-state index in [1.165, 1.54) is 35.9 Å². The summed E-state index contributed by atoms with van der Waals surface area (Å²) in [6.45, 7) is 3.38. The number of ether oxygens (including phenoxy) is 1. The van der Waals surface area contributed by atoms with E-state index in [1.54, 1.807) is 13.8 Å². The Labute approximate surface area is 114 Å². The van der Waals surface area contributed by atoms with Gasteiger partial charge in [0.05, 0.1) is 12.8 Å². The van der Waals surface area contributed by atoms with Gasteiger partial charge in [0.25, 0.3) is 5.56 Å². The minimum absolute atomic E-state index is 0.292. The first-order chi connectivity index (χ1) is 9.45.